The summed E-state index contributed by atoms with van der Waals surface area (Å²) in [6, 6.07) is 11.9. The number of nitrogens with two attached hydrogens (primary N) is 1. The van der Waals surface area contributed by atoms with Crippen LogP contribution in [0, 0.1) is 0 Å². The maximum absolute atomic E-state index is 5.83. The number of benzene rings is 1. The van der Waals surface area contributed by atoms with Crippen molar-refractivity contribution in [3.63, 3.8) is 0 Å². The van der Waals surface area contributed by atoms with Crippen LogP contribution in [0.15, 0.2) is 30.3 Å². The second-order valence-electron chi connectivity index (χ2n) is 5.11. The Morgan fingerprint density at radius 2 is 1.71 bits per heavy atom. The van der Waals surface area contributed by atoms with E-state index in [1.807, 2.05) is 0 Å². The third-order valence-corrected chi connectivity index (χ3v) is 4.13. The van der Waals surface area contributed by atoms with E-state index in [4.69, 9.17) is 5.73 Å². The summed E-state index contributed by atoms with van der Waals surface area (Å²) in [6.07, 6.45) is 0. The second-order valence-corrected chi connectivity index (χ2v) is 10.6. The normalized spacial score (nSPS) is 14.0. The lowest BCUT2D eigenvalue weighted by Gasteiger charge is -2.23. The highest BCUT2D eigenvalue weighted by atomic mass is 28.3. The van der Waals surface area contributed by atoms with Gasteiger partial charge in [-0.1, -0.05) is 50.0 Å². The third kappa shape index (κ3) is 3.64. The van der Waals surface area contributed by atoms with Crippen LogP contribution in [-0.2, 0) is 0 Å². The van der Waals surface area contributed by atoms with Crippen molar-refractivity contribution in [1.29, 1.82) is 0 Å². The Morgan fingerprint density at radius 1 is 1.14 bits per heavy atom. The first-order valence-electron chi connectivity index (χ1n) is 5.28. The molecule has 1 nitrogen and oxygen atoms in total. The van der Waals surface area contributed by atoms with Crippen molar-refractivity contribution in [2.75, 3.05) is 6.54 Å². The summed E-state index contributed by atoms with van der Waals surface area (Å²) in [4.78, 5) is 0. The predicted octanol–water partition coefficient (Wildman–Crippen LogP) is 3.07. The van der Waals surface area contributed by atoms with Crippen LogP contribution in [0.1, 0.15) is 11.5 Å². The molecule has 0 fully saturated rings. The van der Waals surface area contributed by atoms with Gasteiger partial charge in [0.25, 0.3) is 0 Å². The van der Waals surface area contributed by atoms with Crippen molar-refractivity contribution < 1.29 is 0 Å². The predicted molar refractivity (Wildman–Crippen MR) is 66.4 cm³/mol. The number of hydrogen-bond acceptors (Lipinski definition) is 1. The van der Waals surface area contributed by atoms with Crippen molar-refractivity contribution in [2.45, 2.75) is 31.6 Å². The van der Waals surface area contributed by atoms with Crippen LogP contribution in [-0.4, -0.2) is 14.6 Å². The fourth-order valence-electron chi connectivity index (χ4n) is 1.80. The smallest absolute Gasteiger partial charge is 0.0449 e. The van der Waals surface area contributed by atoms with Gasteiger partial charge in [0.2, 0.25) is 0 Å². The van der Waals surface area contributed by atoms with Crippen LogP contribution < -0.4 is 5.73 Å². The number of rotatable bonds is 4. The molecular formula is C12H21NSi. The first-order chi connectivity index (χ1) is 6.53. The minimum Gasteiger partial charge on any atom is -0.330 e. The topological polar surface area (TPSA) is 26.0 Å². The minimum atomic E-state index is -1.00. The van der Waals surface area contributed by atoms with Gasteiger partial charge >= 0.3 is 0 Å². The molecule has 14 heavy (non-hydrogen) atoms. The molecule has 0 aromatic heterocycles. The van der Waals surface area contributed by atoms with Crippen LogP contribution in [0.25, 0.3) is 0 Å². The van der Waals surface area contributed by atoms with Crippen molar-refractivity contribution in [2.24, 2.45) is 5.73 Å². The Hall–Kier alpha value is -0.603. The molecule has 1 aromatic rings. The maximum Gasteiger partial charge on any atom is 0.0449 e. The molecule has 0 aliphatic rings. The first kappa shape index (κ1) is 11.5. The summed E-state index contributed by atoms with van der Waals surface area (Å²) in [5, 5.41) is 0. The minimum absolute atomic E-state index is 0.558. The zero-order valence-electron chi connectivity index (χ0n) is 9.46. The average molecular weight is 207 g/mol. The van der Waals surface area contributed by atoms with E-state index in [1.165, 1.54) is 11.6 Å². The molecule has 2 N–H and O–H groups in total. The van der Waals surface area contributed by atoms with E-state index in [2.05, 4.69) is 50.0 Å². The first-order valence-corrected chi connectivity index (χ1v) is 8.98. The summed E-state index contributed by atoms with van der Waals surface area (Å²) in [5.74, 6) is 0.558. The van der Waals surface area contributed by atoms with E-state index in [1.54, 1.807) is 0 Å². The molecule has 0 bridgehead atoms. The van der Waals surface area contributed by atoms with Gasteiger partial charge in [0, 0.05) is 8.07 Å². The van der Waals surface area contributed by atoms with Gasteiger partial charge in [0.1, 0.15) is 0 Å². The van der Waals surface area contributed by atoms with Crippen LogP contribution in [0.3, 0.4) is 0 Å². The summed E-state index contributed by atoms with van der Waals surface area (Å²) in [5.41, 5.74) is 7.23. The van der Waals surface area contributed by atoms with Crippen molar-refractivity contribution in [3.05, 3.63) is 35.9 Å². The van der Waals surface area contributed by atoms with Crippen LogP contribution in [0.5, 0.6) is 0 Å². The molecule has 0 amide bonds. The molecule has 2 heteroatoms. The Balaban J connectivity index is 2.73. The molecule has 0 heterocycles. The van der Waals surface area contributed by atoms with E-state index in [0.717, 1.165) is 6.54 Å². The van der Waals surface area contributed by atoms with Gasteiger partial charge in [-0.25, -0.2) is 0 Å². The fourth-order valence-corrected chi connectivity index (χ4v) is 3.68. The van der Waals surface area contributed by atoms with Gasteiger partial charge in [-0.15, -0.1) is 0 Å². The summed E-state index contributed by atoms with van der Waals surface area (Å²) >= 11 is 0. The Bertz CT molecular complexity index is 263. The third-order valence-electron chi connectivity index (χ3n) is 2.41. The van der Waals surface area contributed by atoms with Crippen LogP contribution in [0.4, 0.5) is 0 Å². The quantitative estimate of drug-likeness (QED) is 0.755. The molecule has 0 spiro atoms. The van der Waals surface area contributed by atoms with Gasteiger partial charge < -0.3 is 5.73 Å². The molecule has 78 valence electrons. The molecule has 1 aromatic carbocycles. The van der Waals surface area contributed by atoms with Crippen LogP contribution in [0.2, 0.25) is 25.7 Å². The Labute approximate surface area is 88.3 Å². The average Bonchev–Trinajstić information content (AvgIpc) is 2.14. The lowest BCUT2D eigenvalue weighted by Crippen LogP contribution is -2.26. The number of hydrogen-bond donors (Lipinski definition) is 1. The highest BCUT2D eigenvalue weighted by Crippen LogP contribution is 2.25. The molecule has 0 aliphatic heterocycles. The molecule has 0 saturated carbocycles. The van der Waals surface area contributed by atoms with Gasteiger partial charge in [-0.2, -0.15) is 0 Å². The molecule has 1 atom stereocenters. The monoisotopic (exact) mass is 207 g/mol. The van der Waals surface area contributed by atoms with E-state index >= 15 is 0 Å². The summed E-state index contributed by atoms with van der Waals surface area (Å²) < 4.78 is 0. The largest absolute Gasteiger partial charge is 0.330 e. The highest BCUT2D eigenvalue weighted by molar-refractivity contribution is 6.76. The zero-order valence-corrected chi connectivity index (χ0v) is 10.5. The molecule has 0 radical (unpaired) electrons. The Kier molecular flexibility index (Phi) is 3.90. The second kappa shape index (κ2) is 4.76. The van der Waals surface area contributed by atoms with Crippen LogP contribution >= 0.6 is 0 Å². The van der Waals surface area contributed by atoms with Gasteiger partial charge in [0.15, 0.2) is 0 Å². The Morgan fingerprint density at radius 3 is 2.14 bits per heavy atom. The zero-order chi connectivity index (χ0) is 10.6. The van der Waals surface area contributed by atoms with E-state index in [0.29, 0.717) is 5.92 Å². The SMILES string of the molecule is C[Si](C)(C)C[C@@H](CN)c1ccccc1. The van der Waals surface area contributed by atoms with Gasteiger partial charge in [-0.3, -0.25) is 0 Å². The van der Waals surface area contributed by atoms with E-state index in [-0.39, 0.29) is 0 Å². The van der Waals surface area contributed by atoms with Gasteiger partial charge in [0.05, 0.1) is 0 Å². The van der Waals surface area contributed by atoms with Crippen molar-refractivity contribution in [1.82, 2.24) is 0 Å². The summed E-state index contributed by atoms with van der Waals surface area (Å²) in [7, 11) is -1.00. The highest BCUT2D eigenvalue weighted by Gasteiger charge is 2.20. The lowest BCUT2D eigenvalue weighted by atomic mass is 10.0. The maximum atomic E-state index is 5.83. The van der Waals surface area contributed by atoms with Crippen molar-refractivity contribution >= 4 is 8.07 Å². The van der Waals surface area contributed by atoms with Gasteiger partial charge in [-0.05, 0) is 24.1 Å². The van der Waals surface area contributed by atoms with E-state index < -0.39 is 8.07 Å². The molecule has 0 aliphatic carbocycles. The fraction of sp³-hybridized carbons (Fsp3) is 0.500. The molecule has 0 saturated heterocycles. The van der Waals surface area contributed by atoms with E-state index in [9.17, 15) is 0 Å². The standard InChI is InChI=1S/C12H21NSi/c1-14(2,3)10-12(9-13)11-7-5-4-6-8-11/h4-8,12H,9-10,13H2,1-3H3/t12-/m1/s1. The molecule has 1 rings (SSSR count). The lowest BCUT2D eigenvalue weighted by molar-refractivity contribution is 0.760. The molecular weight excluding hydrogens is 186 g/mol. The van der Waals surface area contributed by atoms with Crippen molar-refractivity contribution in [3.8, 4) is 0 Å². The molecule has 0 unspecified atom stereocenters. The summed E-state index contributed by atoms with van der Waals surface area (Å²) in [6.45, 7) is 7.98.